The maximum atomic E-state index is 13.3. The Bertz CT molecular complexity index is 1050. The van der Waals surface area contributed by atoms with Gasteiger partial charge in [-0.2, -0.15) is 0 Å². The summed E-state index contributed by atoms with van der Waals surface area (Å²) in [7, 11) is 0. The second-order valence-electron chi connectivity index (χ2n) is 9.62. The number of aryl methyl sites for hydroxylation is 1. The second-order valence-corrected chi connectivity index (χ2v) is 9.62. The molecule has 0 bridgehead atoms. The van der Waals surface area contributed by atoms with Crippen molar-refractivity contribution in [3.8, 4) is 11.8 Å². The van der Waals surface area contributed by atoms with Gasteiger partial charge >= 0.3 is 0 Å². The fourth-order valence-electron chi connectivity index (χ4n) is 4.01. The Morgan fingerprint density at radius 1 is 1.08 bits per heavy atom. The van der Waals surface area contributed by atoms with Gasteiger partial charge in [-0.1, -0.05) is 69.9 Å². The number of nitrogens with zero attached hydrogens (tertiary/aromatic N) is 2. The molecule has 1 aromatic carbocycles. The molecule has 1 heterocycles. The van der Waals surface area contributed by atoms with Crippen molar-refractivity contribution < 1.29 is 14.7 Å². The van der Waals surface area contributed by atoms with E-state index in [1.54, 1.807) is 24.0 Å². The molecule has 2 atom stereocenters. The highest BCUT2D eigenvalue weighted by Crippen LogP contribution is 2.12. The number of aliphatic hydroxyl groups excluding tert-OH is 1. The molecular formula is C30H42N4O3. The van der Waals surface area contributed by atoms with Crippen LogP contribution in [0.15, 0.2) is 42.5 Å². The number of nitrogens with one attached hydrogen (secondary N) is 2. The van der Waals surface area contributed by atoms with E-state index in [-0.39, 0.29) is 30.0 Å². The van der Waals surface area contributed by atoms with Crippen molar-refractivity contribution in [2.75, 3.05) is 26.2 Å². The zero-order valence-corrected chi connectivity index (χ0v) is 22.9. The van der Waals surface area contributed by atoms with E-state index in [1.165, 1.54) is 0 Å². The predicted molar refractivity (Wildman–Crippen MR) is 148 cm³/mol. The van der Waals surface area contributed by atoms with Gasteiger partial charge in [0.15, 0.2) is 0 Å². The summed E-state index contributed by atoms with van der Waals surface area (Å²) < 4.78 is 0. The van der Waals surface area contributed by atoms with Crippen molar-refractivity contribution in [2.45, 2.75) is 66.0 Å². The first kappa shape index (κ1) is 30.0. The third-order valence-electron chi connectivity index (χ3n) is 5.75. The molecule has 0 saturated carbocycles. The van der Waals surface area contributed by atoms with Gasteiger partial charge in [0.25, 0.3) is 11.8 Å². The zero-order chi connectivity index (χ0) is 27.2. The molecule has 7 nitrogen and oxygen atoms in total. The summed E-state index contributed by atoms with van der Waals surface area (Å²) >= 11 is 0. The molecule has 3 N–H and O–H groups in total. The smallest absolute Gasteiger partial charge is 0.272 e. The number of carbonyl (C=O) groups excluding carboxylic acids is 2. The summed E-state index contributed by atoms with van der Waals surface area (Å²) in [5.41, 5.74) is 2.21. The van der Waals surface area contributed by atoms with Gasteiger partial charge in [-0.15, -0.1) is 0 Å². The lowest BCUT2D eigenvalue weighted by molar-refractivity contribution is 0.0749. The van der Waals surface area contributed by atoms with Crippen LogP contribution in [0, 0.1) is 24.7 Å². The number of aromatic nitrogens is 1. The third kappa shape index (κ3) is 10.4. The molecule has 0 aliphatic carbocycles. The number of carbonyl (C=O) groups is 2. The van der Waals surface area contributed by atoms with E-state index >= 15 is 0 Å². The van der Waals surface area contributed by atoms with Crippen LogP contribution in [-0.2, 0) is 6.42 Å². The Morgan fingerprint density at radius 3 is 2.38 bits per heavy atom. The first-order valence-corrected chi connectivity index (χ1v) is 13.2. The van der Waals surface area contributed by atoms with Gasteiger partial charge in [-0.25, -0.2) is 4.98 Å². The van der Waals surface area contributed by atoms with Gasteiger partial charge in [-0.05, 0) is 43.9 Å². The minimum atomic E-state index is -0.835. The Balaban J connectivity index is 2.21. The monoisotopic (exact) mass is 506 g/mol. The van der Waals surface area contributed by atoms with Crippen LogP contribution < -0.4 is 10.6 Å². The van der Waals surface area contributed by atoms with Gasteiger partial charge < -0.3 is 20.6 Å². The molecule has 0 saturated heterocycles. The number of benzene rings is 1. The third-order valence-corrected chi connectivity index (χ3v) is 5.75. The van der Waals surface area contributed by atoms with Gasteiger partial charge in [0, 0.05) is 36.8 Å². The van der Waals surface area contributed by atoms with E-state index in [9.17, 15) is 14.7 Å². The molecule has 0 spiro atoms. The Morgan fingerprint density at radius 2 is 1.76 bits per heavy atom. The molecular weight excluding hydrogens is 464 g/mol. The van der Waals surface area contributed by atoms with E-state index in [1.807, 2.05) is 58.0 Å². The fourth-order valence-corrected chi connectivity index (χ4v) is 4.01. The van der Waals surface area contributed by atoms with E-state index in [2.05, 4.69) is 27.5 Å². The van der Waals surface area contributed by atoms with Gasteiger partial charge in [-0.3, -0.25) is 9.59 Å². The van der Waals surface area contributed by atoms with Gasteiger partial charge in [0.2, 0.25) is 0 Å². The molecule has 200 valence electrons. The average Bonchev–Trinajstić information content (AvgIpc) is 2.87. The lowest BCUT2D eigenvalue weighted by Crippen LogP contribution is -2.48. The molecule has 7 heteroatoms. The molecule has 37 heavy (non-hydrogen) atoms. The standard InChI is InChI=1S/C30H42N4O3/c1-6-16-34(17-7-2)30(37)27-20-25(18-23(5)32-27)29(36)33-26(19-24-13-9-8-10-14-24)28(35)21-31-15-11-12-22(3)4/h8-10,13-14,18,20,22,26,28,31,35H,6-7,15-17,19,21H2,1-5H3,(H,33,36)/t26-,28+/m0/s1. The topological polar surface area (TPSA) is 94.6 Å². The zero-order valence-electron chi connectivity index (χ0n) is 22.9. The number of amides is 2. The van der Waals surface area contributed by atoms with Crippen LogP contribution in [-0.4, -0.2) is 65.1 Å². The van der Waals surface area contributed by atoms with Crippen molar-refractivity contribution in [3.63, 3.8) is 0 Å². The van der Waals surface area contributed by atoms with Crippen molar-refractivity contribution in [1.82, 2.24) is 20.5 Å². The molecule has 2 aromatic rings. The van der Waals surface area contributed by atoms with E-state index < -0.39 is 12.1 Å². The average molecular weight is 507 g/mol. The SMILES string of the molecule is CCCN(CCC)C(=O)c1cc(C(=O)N[C@@H](Cc2ccccc2)[C@H](O)CNCC#CC(C)C)cc(C)n1. The predicted octanol–water partition coefficient (Wildman–Crippen LogP) is 3.60. The summed E-state index contributed by atoms with van der Waals surface area (Å²) in [4.78, 5) is 32.6. The van der Waals surface area contributed by atoms with Gasteiger partial charge in [0.1, 0.15) is 5.69 Å². The summed E-state index contributed by atoms with van der Waals surface area (Å²) in [6.45, 7) is 11.9. The number of hydrogen-bond donors (Lipinski definition) is 3. The van der Waals surface area contributed by atoms with Crippen LogP contribution in [0.5, 0.6) is 0 Å². The maximum Gasteiger partial charge on any atom is 0.272 e. The molecule has 2 rings (SSSR count). The number of hydrogen-bond acceptors (Lipinski definition) is 5. The second kappa shape index (κ2) is 15.8. The van der Waals surface area contributed by atoms with E-state index in [0.29, 0.717) is 37.3 Å². The molecule has 0 aliphatic heterocycles. The van der Waals surface area contributed by atoms with Crippen LogP contribution in [0.4, 0.5) is 0 Å². The van der Waals surface area contributed by atoms with Crippen molar-refractivity contribution in [3.05, 3.63) is 65.0 Å². The number of rotatable bonds is 13. The van der Waals surface area contributed by atoms with E-state index in [0.717, 1.165) is 18.4 Å². The molecule has 1 aromatic heterocycles. The first-order chi connectivity index (χ1) is 17.7. The molecule has 0 aliphatic rings. The highest BCUT2D eigenvalue weighted by molar-refractivity contribution is 5.98. The van der Waals surface area contributed by atoms with Crippen molar-refractivity contribution in [1.29, 1.82) is 0 Å². The quantitative estimate of drug-likeness (QED) is 0.285. The largest absolute Gasteiger partial charge is 0.390 e. The lowest BCUT2D eigenvalue weighted by Gasteiger charge is -2.25. The molecule has 2 amide bonds. The van der Waals surface area contributed by atoms with Crippen LogP contribution in [0.3, 0.4) is 0 Å². The van der Waals surface area contributed by atoms with Crippen LogP contribution >= 0.6 is 0 Å². The highest BCUT2D eigenvalue weighted by atomic mass is 16.3. The van der Waals surface area contributed by atoms with Crippen molar-refractivity contribution in [2.24, 2.45) is 5.92 Å². The summed E-state index contributed by atoms with van der Waals surface area (Å²) in [5.74, 6) is 5.89. The summed E-state index contributed by atoms with van der Waals surface area (Å²) in [5, 5.41) is 17.1. The minimum absolute atomic E-state index is 0.172. The first-order valence-electron chi connectivity index (χ1n) is 13.2. The maximum absolute atomic E-state index is 13.3. The number of aliphatic hydroxyl groups is 1. The molecule has 0 fully saturated rings. The lowest BCUT2D eigenvalue weighted by atomic mass is 10.0. The molecule has 0 unspecified atom stereocenters. The Labute approximate surface area is 222 Å². The Kier molecular flexibility index (Phi) is 12.8. The van der Waals surface area contributed by atoms with Crippen molar-refractivity contribution >= 4 is 11.8 Å². The van der Waals surface area contributed by atoms with Gasteiger partial charge in [0.05, 0.1) is 18.7 Å². The van der Waals surface area contributed by atoms with Crippen LogP contribution in [0.1, 0.15) is 72.6 Å². The Hall–Kier alpha value is -3.21. The minimum Gasteiger partial charge on any atom is -0.390 e. The fraction of sp³-hybridized carbons (Fsp3) is 0.500. The normalized spacial score (nSPS) is 12.4. The van der Waals surface area contributed by atoms with E-state index in [4.69, 9.17) is 0 Å². The summed E-state index contributed by atoms with van der Waals surface area (Å²) in [6, 6.07) is 12.4. The number of pyridine rings is 1. The molecule has 0 radical (unpaired) electrons. The highest BCUT2D eigenvalue weighted by Gasteiger charge is 2.24. The summed E-state index contributed by atoms with van der Waals surface area (Å²) in [6.07, 6.45) is 1.32. The van der Waals surface area contributed by atoms with Crippen LogP contribution in [0.25, 0.3) is 0 Å². The van der Waals surface area contributed by atoms with Crippen LogP contribution in [0.2, 0.25) is 0 Å².